The summed E-state index contributed by atoms with van der Waals surface area (Å²) in [5, 5.41) is 3.42. The van der Waals surface area contributed by atoms with Gasteiger partial charge in [-0.05, 0) is 47.0 Å². The topological polar surface area (TPSA) is 24.5 Å². The van der Waals surface area contributed by atoms with Crippen LogP contribution in [0, 0.1) is 0 Å². The summed E-state index contributed by atoms with van der Waals surface area (Å²) in [5.74, 6) is 0. The zero-order valence-corrected chi connectivity index (χ0v) is 13.0. The van der Waals surface area contributed by atoms with Crippen molar-refractivity contribution in [2.75, 3.05) is 40.3 Å². The first kappa shape index (κ1) is 17.9. The summed E-state index contributed by atoms with van der Waals surface area (Å²) in [6.07, 6.45) is 8.18. The first-order chi connectivity index (χ1) is 8.66. The van der Waals surface area contributed by atoms with Gasteiger partial charge in [-0.15, -0.1) is 0 Å². The van der Waals surface area contributed by atoms with Gasteiger partial charge in [0.25, 0.3) is 0 Å². The van der Waals surface area contributed by atoms with Gasteiger partial charge in [0.15, 0.2) is 0 Å². The van der Waals surface area contributed by atoms with Crippen LogP contribution in [-0.2, 0) is 4.74 Å². The van der Waals surface area contributed by atoms with Gasteiger partial charge < -0.3 is 15.0 Å². The van der Waals surface area contributed by atoms with Crippen LogP contribution in [0.25, 0.3) is 0 Å². The zero-order valence-electron chi connectivity index (χ0n) is 13.0. The number of rotatable bonds is 13. The van der Waals surface area contributed by atoms with Crippen molar-refractivity contribution in [1.29, 1.82) is 0 Å². The van der Waals surface area contributed by atoms with Crippen molar-refractivity contribution in [1.82, 2.24) is 10.2 Å². The number of unbranched alkanes of at least 4 members (excludes halogenated alkanes) is 3. The van der Waals surface area contributed by atoms with Crippen LogP contribution < -0.4 is 5.32 Å². The van der Waals surface area contributed by atoms with Crippen molar-refractivity contribution in [2.24, 2.45) is 0 Å². The maximum absolute atomic E-state index is 5.78. The average Bonchev–Trinajstić information content (AvgIpc) is 2.33. The normalized spacial score (nSPS) is 13.2. The Balaban J connectivity index is 3.12. The molecule has 0 bridgehead atoms. The number of hydrogen-bond donors (Lipinski definition) is 1. The van der Waals surface area contributed by atoms with Crippen molar-refractivity contribution in [3.05, 3.63) is 0 Å². The van der Waals surface area contributed by atoms with Gasteiger partial charge in [-0.1, -0.05) is 32.6 Å². The van der Waals surface area contributed by atoms with Crippen LogP contribution in [0.5, 0.6) is 0 Å². The van der Waals surface area contributed by atoms with E-state index in [1.54, 1.807) is 0 Å². The summed E-state index contributed by atoms with van der Waals surface area (Å²) in [6, 6.07) is 0. The lowest BCUT2D eigenvalue weighted by atomic mass is 10.1. The Bertz CT molecular complexity index is 163. The minimum atomic E-state index is 0.422. The molecule has 0 radical (unpaired) electrons. The number of nitrogens with one attached hydrogen (secondary N) is 1. The summed E-state index contributed by atoms with van der Waals surface area (Å²) < 4.78 is 5.78. The molecule has 0 saturated carbocycles. The average molecular weight is 258 g/mol. The van der Waals surface area contributed by atoms with Gasteiger partial charge in [0, 0.05) is 6.54 Å². The molecule has 1 N–H and O–H groups in total. The fourth-order valence-electron chi connectivity index (χ4n) is 1.92. The molecule has 3 heteroatoms. The van der Waals surface area contributed by atoms with E-state index in [4.69, 9.17) is 4.74 Å². The van der Waals surface area contributed by atoms with Crippen molar-refractivity contribution in [3.63, 3.8) is 0 Å². The second kappa shape index (κ2) is 13.3. The van der Waals surface area contributed by atoms with E-state index in [0.29, 0.717) is 6.10 Å². The molecule has 0 aliphatic rings. The standard InChI is InChI=1S/C15H34N2O/c1-5-6-7-8-10-15(2)18-14-12-16-11-9-13-17(3)4/h15-16H,5-14H2,1-4H3. The molecule has 0 rings (SSSR count). The highest BCUT2D eigenvalue weighted by molar-refractivity contribution is 4.54. The largest absolute Gasteiger partial charge is 0.377 e. The quantitative estimate of drug-likeness (QED) is 0.514. The molecule has 3 nitrogen and oxygen atoms in total. The molecule has 0 heterocycles. The Kier molecular flexibility index (Phi) is 13.2. The predicted octanol–water partition coefficient (Wildman–Crippen LogP) is 2.90. The molecule has 0 amide bonds. The van der Waals surface area contributed by atoms with Crippen molar-refractivity contribution >= 4 is 0 Å². The first-order valence-corrected chi connectivity index (χ1v) is 7.63. The fraction of sp³-hybridized carbons (Fsp3) is 1.00. The van der Waals surface area contributed by atoms with Gasteiger partial charge in [-0.25, -0.2) is 0 Å². The smallest absolute Gasteiger partial charge is 0.0594 e. The molecule has 0 aromatic heterocycles. The highest BCUT2D eigenvalue weighted by Gasteiger charge is 2.01. The highest BCUT2D eigenvalue weighted by atomic mass is 16.5. The van der Waals surface area contributed by atoms with Gasteiger partial charge in [0.05, 0.1) is 12.7 Å². The van der Waals surface area contributed by atoms with E-state index in [1.807, 2.05) is 0 Å². The third-order valence-corrected chi connectivity index (χ3v) is 3.10. The van der Waals surface area contributed by atoms with Gasteiger partial charge in [0.2, 0.25) is 0 Å². The van der Waals surface area contributed by atoms with E-state index in [2.05, 4.69) is 38.2 Å². The maximum Gasteiger partial charge on any atom is 0.0594 e. The number of nitrogens with zero attached hydrogens (tertiary/aromatic N) is 1. The summed E-state index contributed by atoms with van der Waals surface area (Å²) in [5.41, 5.74) is 0. The maximum atomic E-state index is 5.78. The predicted molar refractivity (Wildman–Crippen MR) is 80.2 cm³/mol. The lowest BCUT2D eigenvalue weighted by Crippen LogP contribution is -2.25. The van der Waals surface area contributed by atoms with E-state index in [0.717, 1.165) is 26.2 Å². The molecule has 0 spiro atoms. The minimum Gasteiger partial charge on any atom is -0.377 e. The van der Waals surface area contributed by atoms with Crippen LogP contribution in [-0.4, -0.2) is 51.3 Å². The molecule has 110 valence electrons. The molecule has 0 aliphatic carbocycles. The number of ether oxygens (including phenoxy) is 1. The van der Waals surface area contributed by atoms with Gasteiger partial charge in [-0.2, -0.15) is 0 Å². The molecule has 0 fully saturated rings. The Morgan fingerprint density at radius 3 is 2.50 bits per heavy atom. The van der Waals surface area contributed by atoms with Gasteiger partial charge >= 0.3 is 0 Å². The van der Waals surface area contributed by atoms with Crippen molar-refractivity contribution in [2.45, 2.75) is 58.5 Å². The molecule has 0 aromatic rings. The SMILES string of the molecule is CCCCCCC(C)OCCNCCCN(C)C. The monoisotopic (exact) mass is 258 g/mol. The Morgan fingerprint density at radius 1 is 1.06 bits per heavy atom. The van der Waals surface area contributed by atoms with Crippen LogP contribution in [0.3, 0.4) is 0 Å². The minimum absolute atomic E-state index is 0.422. The van der Waals surface area contributed by atoms with E-state index in [9.17, 15) is 0 Å². The first-order valence-electron chi connectivity index (χ1n) is 7.63. The van der Waals surface area contributed by atoms with Crippen LogP contribution >= 0.6 is 0 Å². The molecular formula is C15H34N2O. The van der Waals surface area contributed by atoms with Gasteiger partial charge in [0.1, 0.15) is 0 Å². The zero-order chi connectivity index (χ0) is 13.6. The second-order valence-electron chi connectivity index (χ2n) is 5.44. The number of hydrogen-bond acceptors (Lipinski definition) is 3. The molecule has 18 heavy (non-hydrogen) atoms. The van der Waals surface area contributed by atoms with Crippen LogP contribution in [0.4, 0.5) is 0 Å². The summed E-state index contributed by atoms with van der Waals surface area (Å²) in [6.45, 7) is 8.51. The van der Waals surface area contributed by atoms with Crippen molar-refractivity contribution < 1.29 is 4.74 Å². The van der Waals surface area contributed by atoms with Crippen LogP contribution in [0.1, 0.15) is 52.4 Å². The molecule has 1 unspecified atom stereocenters. The molecule has 0 saturated heterocycles. The highest BCUT2D eigenvalue weighted by Crippen LogP contribution is 2.07. The Hall–Kier alpha value is -0.120. The summed E-state index contributed by atoms with van der Waals surface area (Å²) >= 11 is 0. The lowest BCUT2D eigenvalue weighted by Gasteiger charge is -2.14. The van der Waals surface area contributed by atoms with E-state index in [-0.39, 0.29) is 0 Å². The van der Waals surface area contributed by atoms with E-state index in [1.165, 1.54) is 38.5 Å². The third-order valence-electron chi connectivity index (χ3n) is 3.10. The third kappa shape index (κ3) is 13.9. The summed E-state index contributed by atoms with van der Waals surface area (Å²) in [4.78, 5) is 2.22. The van der Waals surface area contributed by atoms with Crippen LogP contribution in [0.15, 0.2) is 0 Å². The van der Waals surface area contributed by atoms with Crippen LogP contribution in [0.2, 0.25) is 0 Å². The lowest BCUT2D eigenvalue weighted by molar-refractivity contribution is 0.0604. The second-order valence-corrected chi connectivity index (χ2v) is 5.44. The Labute approximate surface area is 114 Å². The molecular weight excluding hydrogens is 224 g/mol. The van der Waals surface area contributed by atoms with E-state index < -0.39 is 0 Å². The molecule has 0 aliphatic heterocycles. The molecule has 1 atom stereocenters. The fourth-order valence-corrected chi connectivity index (χ4v) is 1.92. The molecule has 0 aromatic carbocycles. The van der Waals surface area contributed by atoms with E-state index >= 15 is 0 Å². The van der Waals surface area contributed by atoms with Gasteiger partial charge in [-0.3, -0.25) is 0 Å². The Morgan fingerprint density at radius 2 is 1.83 bits per heavy atom. The van der Waals surface area contributed by atoms with Crippen molar-refractivity contribution in [3.8, 4) is 0 Å². The summed E-state index contributed by atoms with van der Waals surface area (Å²) in [7, 11) is 4.23.